The Morgan fingerprint density at radius 3 is 2.00 bits per heavy atom. The maximum absolute atomic E-state index is 12.6. The van der Waals surface area contributed by atoms with E-state index >= 15 is 0 Å². The molecule has 8 nitrogen and oxygen atoms in total. The molecule has 1 N–H and O–H groups in total. The number of ether oxygens (including phenoxy) is 3. The third-order valence-electron chi connectivity index (χ3n) is 3.99. The predicted molar refractivity (Wildman–Crippen MR) is 104 cm³/mol. The molecule has 0 saturated carbocycles. The van der Waals surface area contributed by atoms with Gasteiger partial charge in [-0.3, -0.25) is 9.59 Å². The zero-order valence-electron chi connectivity index (χ0n) is 15.6. The number of methoxy groups -OCH3 is 3. The summed E-state index contributed by atoms with van der Waals surface area (Å²) in [7, 11) is 4.54. The number of aromatic nitrogens is 2. The van der Waals surface area contributed by atoms with Crippen molar-refractivity contribution in [3.05, 3.63) is 70.5 Å². The molecule has 2 aromatic carbocycles. The molecule has 0 aliphatic carbocycles. The highest BCUT2D eigenvalue weighted by molar-refractivity contribution is 6.02. The lowest BCUT2D eigenvalue weighted by Crippen LogP contribution is -2.26. The topological polar surface area (TPSA) is 91.7 Å². The lowest BCUT2D eigenvalue weighted by Gasteiger charge is -2.13. The quantitative estimate of drug-likeness (QED) is 0.705. The van der Waals surface area contributed by atoms with Crippen molar-refractivity contribution in [2.45, 2.75) is 0 Å². The monoisotopic (exact) mass is 381 g/mol. The Labute approximate surface area is 161 Å². The molecule has 0 aliphatic heterocycles. The molecule has 0 bridgehead atoms. The lowest BCUT2D eigenvalue weighted by molar-refractivity contribution is 0.101. The minimum absolute atomic E-state index is 0.205. The minimum Gasteiger partial charge on any atom is -0.497 e. The van der Waals surface area contributed by atoms with E-state index in [2.05, 4.69) is 10.4 Å². The maximum atomic E-state index is 12.6. The number of anilines is 1. The molecule has 8 heteroatoms. The van der Waals surface area contributed by atoms with Gasteiger partial charge in [-0.15, -0.1) is 0 Å². The summed E-state index contributed by atoms with van der Waals surface area (Å²) in [5, 5.41) is 6.85. The van der Waals surface area contributed by atoms with E-state index in [9.17, 15) is 9.59 Å². The van der Waals surface area contributed by atoms with E-state index in [1.807, 2.05) is 0 Å². The van der Waals surface area contributed by atoms with E-state index in [0.717, 1.165) is 0 Å². The highest BCUT2D eigenvalue weighted by Gasteiger charge is 2.17. The minimum atomic E-state index is -0.625. The summed E-state index contributed by atoms with van der Waals surface area (Å²) >= 11 is 0. The fraction of sp³-hybridized carbons (Fsp3) is 0.150. The molecule has 0 atom stereocenters. The number of benzene rings is 2. The van der Waals surface area contributed by atoms with Crippen LogP contribution in [-0.4, -0.2) is 37.0 Å². The molecule has 0 saturated heterocycles. The summed E-state index contributed by atoms with van der Waals surface area (Å²) in [6.07, 6.45) is 0. The molecular formula is C20H19N3O5. The van der Waals surface area contributed by atoms with Crippen molar-refractivity contribution < 1.29 is 19.0 Å². The van der Waals surface area contributed by atoms with Gasteiger partial charge in [0.05, 0.1) is 33.1 Å². The van der Waals surface area contributed by atoms with Crippen LogP contribution >= 0.6 is 0 Å². The van der Waals surface area contributed by atoms with Crippen LogP contribution < -0.4 is 25.0 Å². The van der Waals surface area contributed by atoms with E-state index in [1.54, 1.807) is 62.8 Å². The van der Waals surface area contributed by atoms with E-state index in [4.69, 9.17) is 14.2 Å². The van der Waals surface area contributed by atoms with Gasteiger partial charge in [-0.05, 0) is 48.5 Å². The average molecular weight is 381 g/mol. The van der Waals surface area contributed by atoms with E-state index in [0.29, 0.717) is 22.9 Å². The second-order valence-electron chi connectivity index (χ2n) is 5.69. The average Bonchev–Trinajstić information content (AvgIpc) is 2.74. The van der Waals surface area contributed by atoms with Crippen LogP contribution in [0.15, 0.2) is 59.4 Å². The first kappa shape index (κ1) is 19.0. The first-order valence-corrected chi connectivity index (χ1v) is 8.34. The molecule has 28 heavy (non-hydrogen) atoms. The van der Waals surface area contributed by atoms with Gasteiger partial charge in [0.25, 0.3) is 5.91 Å². The number of nitrogens with zero attached hydrogens (tertiary/aromatic N) is 2. The third-order valence-corrected chi connectivity index (χ3v) is 3.99. The van der Waals surface area contributed by atoms with Gasteiger partial charge in [0.2, 0.25) is 11.3 Å². The molecule has 3 aromatic rings. The number of hydrogen-bond donors (Lipinski definition) is 1. The third kappa shape index (κ3) is 3.96. The van der Waals surface area contributed by atoms with Gasteiger partial charge >= 0.3 is 0 Å². The Morgan fingerprint density at radius 1 is 0.893 bits per heavy atom. The Bertz CT molecular complexity index is 1030. The Balaban J connectivity index is 1.95. The lowest BCUT2D eigenvalue weighted by atomic mass is 10.2. The second-order valence-corrected chi connectivity index (χ2v) is 5.69. The smallest absolute Gasteiger partial charge is 0.280 e. The molecule has 0 unspecified atom stereocenters. The molecule has 0 fully saturated rings. The van der Waals surface area contributed by atoms with Crippen LogP contribution in [0.5, 0.6) is 17.4 Å². The van der Waals surface area contributed by atoms with Gasteiger partial charge in [-0.1, -0.05) is 0 Å². The van der Waals surface area contributed by atoms with Crippen LogP contribution in [0.2, 0.25) is 0 Å². The molecule has 1 amide bonds. The Kier molecular flexibility index (Phi) is 5.59. The first-order chi connectivity index (χ1) is 13.5. The van der Waals surface area contributed by atoms with Crippen molar-refractivity contribution >= 4 is 11.6 Å². The summed E-state index contributed by atoms with van der Waals surface area (Å²) in [5.74, 6) is 0.903. The highest BCUT2D eigenvalue weighted by Crippen LogP contribution is 2.19. The van der Waals surface area contributed by atoms with Crippen LogP contribution in [0.1, 0.15) is 10.5 Å². The zero-order chi connectivity index (χ0) is 20.1. The van der Waals surface area contributed by atoms with Crippen molar-refractivity contribution in [2.75, 3.05) is 26.6 Å². The molecule has 0 spiro atoms. The molecule has 1 aromatic heterocycles. The molecule has 144 valence electrons. The van der Waals surface area contributed by atoms with Crippen molar-refractivity contribution in [3.8, 4) is 23.1 Å². The summed E-state index contributed by atoms with van der Waals surface area (Å²) in [6, 6.07) is 14.9. The van der Waals surface area contributed by atoms with E-state index < -0.39 is 11.3 Å². The van der Waals surface area contributed by atoms with E-state index in [1.165, 1.54) is 17.9 Å². The van der Waals surface area contributed by atoms with Crippen molar-refractivity contribution in [1.82, 2.24) is 9.78 Å². The van der Waals surface area contributed by atoms with Crippen LogP contribution in [0, 0.1) is 0 Å². The molecule has 0 radical (unpaired) electrons. The van der Waals surface area contributed by atoms with Crippen LogP contribution in [0.25, 0.3) is 5.69 Å². The highest BCUT2D eigenvalue weighted by atomic mass is 16.5. The predicted octanol–water partition coefficient (Wildman–Crippen LogP) is 2.51. The fourth-order valence-corrected chi connectivity index (χ4v) is 2.52. The van der Waals surface area contributed by atoms with Gasteiger partial charge in [-0.25, -0.2) is 4.68 Å². The summed E-state index contributed by atoms with van der Waals surface area (Å²) < 4.78 is 16.8. The van der Waals surface area contributed by atoms with Crippen LogP contribution in [-0.2, 0) is 0 Å². The van der Waals surface area contributed by atoms with Crippen LogP contribution in [0.4, 0.5) is 5.69 Å². The first-order valence-electron chi connectivity index (χ1n) is 8.34. The number of hydrogen-bond acceptors (Lipinski definition) is 6. The SMILES string of the molecule is COc1ccc(NC(=O)c2nn(-c3ccc(OC)cc3)c(OC)cc2=O)cc1. The van der Waals surface area contributed by atoms with Gasteiger partial charge in [0.1, 0.15) is 11.5 Å². The molecular weight excluding hydrogens is 362 g/mol. The number of carbonyl (C=O) groups excluding carboxylic acids is 1. The van der Waals surface area contributed by atoms with Crippen LogP contribution in [0.3, 0.4) is 0 Å². The number of carbonyl (C=O) groups is 1. The van der Waals surface area contributed by atoms with E-state index in [-0.39, 0.29) is 11.6 Å². The normalized spacial score (nSPS) is 10.2. The standard InChI is InChI=1S/C20H19N3O5/c1-26-15-8-4-13(5-9-15)21-20(25)19-17(24)12-18(28-3)23(22-19)14-6-10-16(27-2)11-7-14/h4-12H,1-3H3,(H,21,25). The van der Waals surface area contributed by atoms with Crippen molar-refractivity contribution in [1.29, 1.82) is 0 Å². The van der Waals surface area contributed by atoms with Gasteiger partial charge < -0.3 is 19.5 Å². The molecule has 1 heterocycles. The number of rotatable bonds is 6. The Morgan fingerprint density at radius 2 is 1.46 bits per heavy atom. The van der Waals surface area contributed by atoms with Gasteiger partial charge in [-0.2, -0.15) is 5.10 Å². The maximum Gasteiger partial charge on any atom is 0.280 e. The zero-order valence-corrected chi connectivity index (χ0v) is 15.6. The number of nitrogens with one attached hydrogen (secondary N) is 1. The largest absolute Gasteiger partial charge is 0.497 e. The second kappa shape index (κ2) is 8.26. The molecule has 0 aliphatic rings. The Hall–Kier alpha value is -3.81. The summed E-state index contributed by atoms with van der Waals surface area (Å²) in [6.45, 7) is 0. The fourth-order valence-electron chi connectivity index (χ4n) is 2.52. The van der Waals surface area contributed by atoms with Crippen molar-refractivity contribution in [2.24, 2.45) is 0 Å². The number of amides is 1. The summed E-state index contributed by atoms with van der Waals surface area (Å²) in [4.78, 5) is 25.0. The van der Waals surface area contributed by atoms with Gasteiger partial charge in [0.15, 0.2) is 5.69 Å². The molecule has 3 rings (SSSR count). The summed E-state index contributed by atoms with van der Waals surface area (Å²) in [5.41, 5.74) is 0.315. The van der Waals surface area contributed by atoms with Gasteiger partial charge in [0, 0.05) is 5.69 Å². The van der Waals surface area contributed by atoms with Crippen molar-refractivity contribution in [3.63, 3.8) is 0 Å².